The van der Waals surface area contributed by atoms with Crippen LogP contribution in [0.15, 0.2) is 11.2 Å². The average Bonchev–Trinajstić information content (AvgIpc) is 3.45. The minimum atomic E-state index is -5.33. The van der Waals surface area contributed by atoms with Crippen molar-refractivity contribution in [2.24, 2.45) is 23.2 Å². The van der Waals surface area contributed by atoms with E-state index in [1.165, 1.54) is 20.8 Å². The summed E-state index contributed by atoms with van der Waals surface area (Å²) in [5.41, 5.74) is -1.31. The number of carbonyl (C=O) groups is 4. The number of hydrogen-bond acceptors (Lipinski definition) is 6. The number of nitrogens with zero attached hydrogens (tertiary/aromatic N) is 1. The molecule has 0 aromatic carbocycles. The van der Waals surface area contributed by atoms with Crippen LogP contribution in [0.5, 0.6) is 0 Å². The van der Waals surface area contributed by atoms with Crippen molar-refractivity contribution in [3.05, 3.63) is 11.2 Å². The molecule has 2 saturated heterocycles. The Morgan fingerprint density at radius 2 is 1.76 bits per heavy atom. The summed E-state index contributed by atoms with van der Waals surface area (Å²) in [5.74, 6) is -11.0. The monoisotopic (exact) mass is 632 g/mol. The molecule has 0 aromatic rings. The van der Waals surface area contributed by atoms with Crippen LogP contribution in [0.4, 0.5) is 26.3 Å². The highest BCUT2D eigenvalue weighted by molar-refractivity contribution is 7.94. The van der Waals surface area contributed by atoms with Crippen LogP contribution in [-0.2, 0) is 29.0 Å². The first-order valence-corrected chi connectivity index (χ1v) is 15.1. The average molecular weight is 633 g/mol. The van der Waals surface area contributed by atoms with E-state index in [0.29, 0.717) is 12.3 Å². The van der Waals surface area contributed by atoms with E-state index >= 15 is 0 Å². The number of hydrogen-bond donors (Lipinski definition) is 3. The van der Waals surface area contributed by atoms with E-state index in [0.717, 1.165) is 4.90 Å². The number of carbonyl (C=O) groups excluding carboxylic acids is 4. The summed E-state index contributed by atoms with van der Waals surface area (Å²) in [6.07, 6.45) is -5.67. The first kappa shape index (κ1) is 33.6. The molecule has 2 aliphatic heterocycles. The standard InChI is InChI=1S/C25H34F6N4O6S/c1-23(2,3)18(34-22(39)25(29,30)31)21(38)35-11-13-9-24(27,28)10-15(13)17(35)20(37)33-14(8-16(26)42(4,40)41)7-12-5-6-32-19(12)36/h8,12-15,17-18H,5-7,9-11H2,1-4H3,(H,32,36)(H,33,37)(H,34,39)/b16-8-/t12-,13-,14+,15-,17+,18-/m1/s1. The lowest BCUT2D eigenvalue weighted by atomic mass is 9.85. The van der Waals surface area contributed by atoms with Crippen molar-refractivity contribution < 1.29 is 53.9 Å². The smallest absolute Gasteiger partial charge is 0.356 e. The van der Waals surface area contributed by atoms with E-state index in [-0.39, 0.29) is 19.4 Å². The molecule has 3 rings (SSSR count). The first-order valence-electron chi connectivity index (χ1n) is 13.2. The molecule has 0 aromatic heterocycles. The normalized spacial score (nSPS) is 27.7. The predicted octanol–water partition coefficient (Wildman–Crippen LogP) is 1.82. The quantitative estimate of drug-likeness (QED) is 0.349. The second kappa shape index (κ2) is 11.7. The summed E-state index contributed by atoms with van der Waals surface area (Å²) in [7, 11) is -4.36. The molecule has 3 aliphatic rings. The third kappa shape index (κ3) is 7.75. The van der Waals surface area contributed by atoms with Crippen molar-refractivity contribution in [2.45, 2.75) is 76.7 Å². The van der Waals surface area contributed by atoms with Gasteiger partial charge in [0.15, 0.2) is 0 Å². The topological polar surface area (TPSA) is 142 Å². The number of fused-ring (bicyclic) bond motifs is 1. The van der Waals surface area contributed by atoms with Crippen LogP contribution in [0.1, 0.15) is 46.5 Å². The van der Waals surface area contributed by atoms with Gasteiger partial charge < -0.3 is 20.9 Å². The van der Waals surface area contributed by atoms with Crippen LogP contribution >= 0.6 is 0 Å². The second-order valence-corrected chi connectivity index (χ2v) is 14.2. The molecular formula is C25H34F6N4O6S. The number of likely N-dealkylation sites (tertiary alicyclic amines) is 1. The number of halogens is 6. The SMILES string of the molecule is CC(C)(C)[C@H](NC(=O)C(F)(F)F)C(=O)N1C[C@H]2CC(F)(F)C[C@H]2[C@H]1C(=O)N[C@H](/C=C(/F)S(C)(=O)=O)C[C@H]1CCNC1=O. The van der Waals surface area contributed by atoms with Gasteiger partial charge in [0.2, 0.25) is 38.6 Å². The number of rotatable bonds is 8. The lowest BCUT2D eigenvalue weighted by molar-refractivity contribution is -0.176. The van der Waals surface area contributed by atoms with Gasteiger partial charge in [-0.15, -0.1) is 0 Å². The summed E-state index contributed by atoms with van der Waals surface area (Å²) in [6, 6.07) is -4.87. The van der Waals surface area contributed by atoms with Crippen molar-refractivity contribution >= 4 is 33.5 Å². The molecule has 42 heavy (non-hydrogen) atoms. The number of amides is 4. The molecule has 1 aliphatic carbocycles. The lowest BCUT2D eigenvalue weighted by Gasteiger charge is -2.37. The van der Waals surface area contributed by atoms with E-state index in [2.05, 4.69) is 10.6 Å². The third-order valence-corrected chi connectivity index (χ3v) is 8.63. The van der Waals surface area contributed by atoms with Crippen molar-refractivity contribution in [2.75, 3.05) is 19.3 Å². The molecular weight excluding hydrogens is 598 g/mol. The van der Waals surface area contributed by atoms with Gasteiger partial charge in [-0.05, 0) is 36.2 Å². The Morgan fingerprint density at radius 1 is 1.14 bits per heavy atom. The van der Waals surface area contributed by atoms with Gasteiger partial charge in [-0.1, -0.05) is 20.8 Å². The van der Waals surface area contributed by atoms with Crippen LogP contribution in [0.3, 0.4) is 0 Å². The van der Waals surface area contributed by atoms with Gasteiger partial charge in [-0.3, -0.25) is 19.2 Å². The maximum atomic E-state index is 14.5. The van der Waals surface area contributed by atoms with Crippen LogP contribution in [-0.4, -0.2) is 86.5 Å². The molecule has 1 saturated carbocycles. The van der Waals surface area contributed by atoms with E-state index in [4.69, 9.17) is 0 Å². The van der Waals surface area contributed by atoms with Crippen molar-refractivity contribution in [1.82, 2.24) is 20.9 Å². The Bertz CT molecular complexity index is 1250. The minimum absolute atomic E-state index is 0.252. The molecule has 3 fully saturated rings. The highest BCUT2D eigenvalue weighted by Crippen LogP contribution is 2.50. The molecule has 10 nitrogen and oxygen atoms in total. The maximum absolute atomic E-state index is 14.5. The Morgan fingerprint density at radius 3 is 2.26 bits per heavy atom. The minimum Gasteiger partial charge on any atom is -0.356 e. The van der Waals surface area contributed by atoms with Gasteiger partial charge in [0, 0.05) is 38.1 Å². The fourth-order valence-electron chi connectivity index (χ4n) is 5.78. The summed E-state index contributed by atoms with van der Waals surface area (Å²) in [6.45, 7) is 3.97. The third-order valence-electron chi connectivity index (χ3n) is 7.79. The largest absolute Gasteiger partial charge is 0.471 e. The zero-order valence-corrected chi connectivity index (χ0v) is 24.2. The van der Waals surface area contributed by atoms with Gasteiger partial charge in [0.25, 0.3) is 0 Å². The van der Waals surface area contributed by atoms with Gasteiger partial charge in [0.1, 0.15) is 12.1 Å². The Hall–Kier alpha value is -2.85. The predicted molar refractivity (Wildman–Crippen MR) is 136 cm³/mol. The number of alkyl halides is 5. The molecule has 238 valence electrons. The van der Waals surface area contributed by atoms with Crippen LogP contribution in [0.25, 0.3) is 0 Å². The number of sulfone groups is 1. The zero-order chi connectivity index (χ0) is 32.0. The van der Waals surface area contributed by atoms with Crippen LogP contribution in [0, 0.1) is 23.2 Å². The van der Waals surface area contributed by atoms with Gasteiger partial charge in [-0.25, -0.2) is 17.2 Å². The molecule has 4 amide bonds. The van der Waals surface area contributed by atoms with Crippen molar-refractivity contribution in [1.29, 1.82) is 0 Å². The second-order valence-electron chi connectivity index (χ2n) is 12.3. The summed E-state index contributed by atoms with van der Waals surface area (Å²) < 4.78 is 106. The molecule has 0 unspecified atom stereocenters. The Balaban J connectivity index is 1.97. The fraction of sp³-hybridized carbons (Fsp3) is 0.760. The molecule has 0 bridgehead atoms. The van der Waals surface area contributed by atoms with E-state index in [1.807, 2.05) is 0 Å². The molecule has 0 radical (unpaired) electrons. The van der Waals surface area contributed by atoms with Crippen LogP contribution in [0.2, 0.25) is 0 Å². The molecule has 6 atom stereocenters. The van der Waals surface area contributed by atoms with Crippen LogP contribution < -0.4 is 16.0 Å². The molecule has 17 heteroatoms. The highest BCUT2D eigenvalue weighted by atomic mass is 32.2. The number of nitrogens with one attached hydrogen (secondary N) is 3. The van der Waals surface area contributed by atoms with E-state index in [9.17, 15) is 53.9 Å². The van der Waals surface area contributed by atoms with E-state index in [1.54, 1.807) is 5.32 Å². The molecule has 0 spiro atoms. The molecule has 3 N–H and O–H groups in total. The Kier molecular flexibility index (Phi) is 9.36. The maximum Gasteiger partial charge on any atom is 0.471 e. The van der Waals surface area contributed by atoms with E-state index < -0.39 is 111 Å². The lowest BCUT2D eigenvalue weighted by Crippen LogP contribution is -2.60. The van der Waals surface area contributed by atoms with Crippen molar-refractivity contribution in [3.8, 4) is 0 Å². The first-order chi connectivity index (χ1) is 19.0. The van der Waals surface area contributed by atoms with Gasteiger partial charge >= 0.3 is 12.1 Å². The van der Waals surface area contributed by atoms with Gasteiger partial charge in [-0.2, -0.15) is 17.6 Å². The summed E-state index contributed by atoms with van der Waals surface area (Å²) in [5, 5.41) is 4.95. The Labute approximate surface area is 238 Å². The summed E-state index contributed by atoms with van der Waals surface area (Å²) in [4.78, 5) is 52.0. The van der Waals surface area contributed by atoms with Gasteiger partial charge in [0.05, 0.1) is 6.04 Å². The van der Waals surface area contributed by atoms with Crippen molar-refractivity contribution in [3.63, 3.8) is 0 Å². The zero-order valence-electron chi connectivity index (χ0n) is 23.4. The summed E-state index contributed by atoms with van der Waals surface area (Å²) >= 11 is 0. The fourth-order valence-corrected chi connectivity index (χ4v) is 6.19. The molecule has 2 heterocycles. The highest BCUT2D eigenvalue weighted by Gasteiger charge is 2.59.